The van der Waals surface area contributed by atoms with Gasteiger partial charge in [-0.15, -0.1) is 0 Å². The molecule has 0 aliphatic rings. The molecule has 0 saturated heterocycles. The molecular weight excluding hydrogens is 324 g/mol. The van der Waals surface area contributed by atoms with Crippen molar-refractivity contribution >= 4 is 5.91 Å². The molecule has 0 aliphatic carbocycles. The first kappa shape index (κ1) is 20.0. The first-order valence-corrected chi connectivity index (χ1v) is 9.06. The Bertz CT molecular complexity index is 685. The minimum absolute atomic E-state index is 0.0639. The van der Waals surface area contributed by atoms with Crippen LogP contribution in [0.5, 0.6) is 5.75 Å². The van der Waals surface area contributed by atoms with Crippen LogP contribution in [0.3, 0.4) is 0 Å². The molecule has 0 saturated carbocycles. The maximum absolute atomic E-state index is 12.7. The van der Waals surface area contributed by atoms with E-state index in [2.05, 4.69) is 43.0 Å². The lowest BCUT2D eigenvalue weighted by Gasteiger charge is -2.30. The topological polar surface area (TPSA) is 32.8 Å². The summed E-state index contributed by atoms with van der Waals surface area (Å²) in [5.41, 5.74) is 2.39. The van der Waals surface area contributed by atoms with Crippen LogP contribution in [0.4, 0.5) is 0 Å². The fourth-order valence-electron chi connectivity index (χ4n) is 2.91. The number of likely N-dealkylation sites (N-methyl/N-ethyl adjacent to an activating group) is 2. The first-order chi connectivity index (χ1) is 12.4. The van der Waals surface area contributed by atoms with Gasteiger partial charge in [-0.05, 0) is 50.6 Å². The van der Waals surface area contributed by atoms with Gasteiger partial charge in [-0.25, -0.2) is 0 Å². The molecule has 2 aromatic carbocycles. The molecule has 26 heavy (non-hydrogen) atoms. The number of carbonyl (C=O) groups excluding carboxylic acids is 1. The van der Waals surface area contributed by atoms with Crippen LogP contribution < -0.4 is 4.74 Å². The van der Waals surface area contributed by atoms with Crippen molar-refractivity contribution in [3.63, 3.8) is 0 Å². The van der Waals surface area contributed by atoms with Crippen LogP contribution in [-0.2, 0) is 11.2 Å². The largest absolute Gasteiger partial charge is 0.497 e. The van der Waals surface area contributed by atoms with Crippen molar-refractivity contribution in [1.82, 2.24) is 9.80 Å². The zero-order valence-electron chi connectivity index (χ0n) is 16.5. The van der Waals surface area contributed by atoms with Crippen molar-refractivity contribution in [3.05, 3.63) is 65.7 Å². The third kappa shape index (κ3) is 5.33. The van der Waals surface area contributed by atoms with E-state index in [1.165, 1.54) is 5.56 Å². The van der Waals surface area contributed by atoms with Crippen molar-refractivity contribution in [1.29, 1.82) is 0 Å². The summed E-state index contributed by atoms with van der Waals surface area (Å²) in [4.78, 5) is 16.6. The Hall–Kier alpha value is -2.33. The van der Waals surface area contributed by atoms with Crippen LogP contribution in [0.2, 0.25) is 0 Å². The second-order valence-corrected chi connectivity index (χ2v) is 6.91. The Morgan fingerprint density at radius 1 is 1.00 bits per heavy atom. The first-order valence-electron chi connectivity index (χ1n) is 9.06. The standard InChI is InChI=1S/C22H30N2O2/c1-17(15-19-11-13-21(26-5)14-12-19)23(3)16-22(25)24(4)18(2)20-9-7-6-8-10-20/h6-14,17-18H,15-16H2,1-5H3. The van der Waals surface area contributed by atoms with Gasteiger partial charge in [0.15, 0.2) is 0 Å². The molecule has 0 N–H and O–H groups in total. The molecule has 2 aromatic rings. The zero-order chi connectivity index (χ0) is 19.1. The van der Waals surface area contributed by atoms with Crippen LogP contribution in [0.15, 0.2) is 54.6 Å². The molecule has 0 aromatic heterocycles. The van der Waals surface area contributed by atoms with Gasteiger partial charge in [-0.1, -0.05) is 42.5 Å². The molecule has 0 bridgehead atoms. The highest BCUT2D eigenvalue weighted by atomic mass is 16.5. The lowest BCUT2D eigenvalue weighted by Crippen LogP contribution is -2.41. The van der Waals surface area contributed by atoms with E-state index in [-0.39, 0.29) is 18.0 Å². The van der Waals surface area contributed by atoms with E-state index in [4.69, 9.17) is 4.74 Å². The maximum atomic E-state index is 12.7. The summed E-state index contributed by atoms with van der Waals surface area (Å²) < 4.78 is 5.20. The van der Waals surface area contributed by atoms with Crippen LogP contribution in [0.25, 0.3) is 0 Å². The molecule has 2 atom stereocenters. The van der Waals surface area contributed by atoms with Gasteiger partial charge in [0.25, 0.3) is 0 Å². The van der Waals surface area contributed by atoms with E-state index in [1.54, 1.807) is 7.11 Å². The average Bonchev–Trinajstić information content (AvgIpc) is 2.67. The molecular formula is C22H30N2O2. The zero-order valence-corrected chi connectivity index (χ0v) is 16.5. The van der Waals surface area contributed by atoms with Gasteiger partial charge in [0.05, 0.1) is 19.7 Å². The Labute approximate surface area is 157 Å². The van der Waals surface area contributed by atoms with E-state index < -0.39 is 0 Å². The SMILES string of the molecule is COc1ccc(CC(C)N(C)CC(=O)N(C)C(C)c2ccccc2)cc1. The molecule has 4 heteroatoms. The number of hydrogen-bond donors (Lipinski definition) is 0. The molecule has 2 unspecified atom stereocenters. The second-order valence-electron chi connectivity index (χ2n) is 6.91. The van der Waals surface area contributed by atoms with Crippen LogP contribution in [-0.4, -0.2) is 49.5 Å². The fraction of sp³-hybridized carbons (Fsp3) is 0.409. The van der Waals surface area contributed by atoms with Crippen molar-refractivity contribution in [2.24, 2.45) is 0 Å². The molecule has 0 spiro atoms. The number of nitrogens with zero attached hydrogens (tertiary/aromatic N) is 2. The summed E-state index contributed by atoms with van der Waals surface area (Å²) in [7, 11) is 5.55. The molecule has 4 nitrogen and oxygen atoms in total. The van der Waals surface area contributed by atoms with Crippen LogP contribution in [0, 0.1) is 0 Å². The number of carbonyl (C=O) groups is 1. The monoisotopic (exact) mass is 354 g/mol. The third-order valence-corrected chi connectivity index (χ3v) is 5.08. The van der Waals surface area contributed by atoms with E-state index in [9.17, 15) is 4.79 Å². The minimum atomic E-state index is 0.0639. The summed E-state index contributed by atoms with van der Waals surface area (Å²) in [6.45, 7) is 4.62. The van der Waals surface area contributed by atoms with Crippen molar-refractivity contribution in [2.45, 2.75) is 32.4 Å². The highest BCUT2D eigenvalue weighted by molar-refractivity contribution is 5.78. The quantitative estimate of drug-likeness (QED) is 0.723. The van der Waals surface area contributed by atoms with Crippen molar-refractivity contribution in [3.8, 4) is 5.75 Å². The van der Waals surface area contributed by atoms with E-state index >= 15 is 0 Å². The van der Waals surface area contributed by atoms with Gasteiger partial charge in [-0.3, -0.25) is 9.69 Å². The normalized spacial score (nSPS) is 13.3. The number of hydrogen-bond acceptors (Lipinski definition) is 3. The summed E-state index contributed by atoms with van der Waals surface area (Å²) in [5.74, 6) is 0.992. The van der Waals surface area contributed by atoms with E-state index in [1.807, 2.05) is 49.3 Å². The number of rotatable bonds is 8. The molecule has 0 heterocycles. The second kappa shape index (κ2) is 9.39. The van der Waals surface area contributed by atoms with Gasteiger partial charge in [0.2, 0.25) is 5.91 Å². The third-order valence-electron chi connectivity index (χ3n) is 5.08. The maximum Gasteiger partial charge on any atom is 0.236 e. The number of benzene rings is 2. The van der Waals surface area contributed by atoms with Crippen molar-refractivity contribution in [2.75, 3.05) is 27.7 Å². The fourth-order valence-corrected chi connectivity index (χ4v) is 2.91. The Kier molecular flexibility index (Phi) is 7.22. The molecule has 1 amide bonds. The average molecular weight is 354 g/mol. The van der Waals surface area contributed by atoms with Gasteiger partial charge in [-0.2, -0.15) is 0 Å². The molecule has 0 aliphatic heterocycles. The number of ether oxygens (including phenoxy) is 1. The van der Waals surface area contributed by atoms with Crippen molar-refractivity contribution < 1.29 is 9.53 Å². The summed E-state index contributed by atoms with van der Waals surface area (Å²) in [5, 5.41) is 0. The van der Waals surface area contributed by atoms with E-state index in [0.29, 0.717) is 6.54 Å². The van der Waals surface area contributed by atoms with Gasteiger partial charge < -0.3 is 9.64 Å². The molecule has 0 radical (unpaired) electrons. The number of methoxy groups -OCH3 is 1. The summed E-state index contributed by atoms with van der Waals surface area (Å²) >= 11 is 0. The molecule has 0 fully saturated rings. The van der Waals surface area contributed by atoms with Gasteiger partial charge in [0, 0.05) is 13.1 Å². The lowest BCUT2D eigenvalue weighted by molar-refractivity contribution is -0.133. The smallest absolute Gasteiger partial charge is 0.236 e. The van der Waals surface area contributed by atoms with Crippen LogP contribution >= 0.6 is 0 Å². The Morgan fingerprint density at radius 3 is 2.19 bits per heavy atom. The summed E-state index contributed by atoms with van der Waals surface area (Å²) in [6.07, 6.45) is 0.895. The van der Waals surface area contributed by atoms with Gasteiger partial charge in [0.1, 0.15) is 5.75 Å². The van der Waals surface area contributed by atoms with Gasteiger partial charge >= 0.3 is 0 Å². The van der Waals surface area contributed by atoms with Crippen LogP contribution in [0.1, 0.15) is 31.0 Å². The van der Waals surface area contributed by atoms with E-state index in [0.717, 1.165) is 17.7 Å². The minimum Gasteiger partial charge on any atom is -0.497 e. The lowest BCUT2D eigenvalue weighted by atomic mass is 10.1. The number of amides is 1. The Balaban J connectivity index is 1.90. The predicted octanol–water partition coefficient (Wildman–Crippen LogP) is 3.78. The summed E-state index contributed by atoms with van der Waals surface area (Å²) in [6, 6.07) is 18.6. The highest BCUT2D eigenvalue weighted by Crippen LogP contribution is 2.19. The predicted molar refractivity (Wildman–Crippen MR) is 106 cm³/mol. The molecule has 140 valence electrons. The molecule has 2 rings (SSSR count). The highest BCUT2D eigenvalue weighted by Gasteiger charge is 2.20. The Morgan fingerprint density at radius 2 is 1.62 bits per heavy atom.